The highest BCUT2D eigenvalue weighted by Crippen LogP contribution is 2.16. The lowest BCUT2D eigenvalue weighted by atomic mass is 10.0. The first kappa shape index (κ1) is 52.6. The Hall–Kier alpha value is -1.36. The maximum absolute atomic E-state index is 12.2. The predicted molar refractivity (Wildman–Crippen MR) is 233 cm³/mol. The number of aliphatic hydroxyl groups is 1. The summed E-state index contributed by atoms with van der Waals surface area (Å²) in [7, 11) is 0. The normalized spacial score (nSPS) is 12.1. The van der Waals surface area contributed by atoms with Gasteiger partial charge < -0.3 is 14.6 Å². The molecule has 1 atom stereocenters. The highest BCUT2D eigenvalue weighted by molar-refractivity contribution is 5.70. The third-order valence-corrected chi connectivity index (χ3v) is 11.1. The first-order valence-electron chi connectivity index (χ1n) is 24.2. The summed E-state index contributed by atoms with van der Waals surface area (Å²) in [6.45, 7) is 4.18. The van der Waals surface area contributed by atoms with E-state index in [1.165, 1.54) is 205 Å². The van der Waals surface area contributed by atoms with Crippen LogP contribution in [-0.4, -0.2) is 36.4 Å². The van der Waals surface area contributed by atoms with Gasteiger partial charge in [-0.15, -0.1) is 0 Å². The van der Waals surface area contributed by atoms with Gasteiger partial charge in [0.2, 0.25) is 0 Å². The standard InChI is InChI=1S/C49H94O5/c1-3-5-7-9-11-13-15-17-19-21-23-24-26-28-30-32-34-36-38-40-42-44-49(52)54-47(45-50)46-53-48(51)43-41-39-37-35-33-31-29-27-25-22-20-18-16-14-12-10-8-6-4-2/h18,20,47,50H,3-17,19,21-46H2,1-2H3/b20-18+/t47-/m0/s1. The maximum atomic E-state index is 12.2. The zero-order chi connectivity index (χ0) is 39.3. The molecule has 0 unspecified atom stereocenters. The van der Waals surface area contributed by atoms with Crippen LogP contribution in [0.3, 0.4) is 0 Å². The molecule has 0 amide bonds. The van der Waals surface area contributed by atoms with Crippen LogP contribution >= 0.6 is 0 Å². The van der Waals surface area contributed by atoms with Gasteiger partial charge >= 0.3 is 11.9 Å². The van der Waals surface area contributed by atoms with E-state index in [9.17, 15) is 14.7 Å². The number of unbranched alkanes of at least 4 members (excludes halogenated alkanes) is 35. The Kier molecular flexibility index (Phi) is 44.9. The van der Waals surface area contributed by atoms with E-state index in [4.69, 9.17) is 9.47 Å². The van der Waals surface area contributed by atoms with Crippen LogP contribution in [0.25, 0.3) is 0 Å². The lowest BCUT2D eigenvalue weighted by Crippen LogP contribution is -2.28. The molecule has 0 bridgehead atoms. The van der Waals surface area contributed by atoms with Crippen molar-refractivity contribution >= 4 is 11.9 Å². The topological polar surface area (TPSA) is 72.8 Å². The van der Waals surface area contributed by atoms with E-state index in [0.717, 1.165) is 38.5 Å². The Morgan fingerprint density at radius 2 is 0.685 bits per heavy atom. The quantitative estimate of drug-likeness (QED) is 0.0380. The maximum Gasteiger partial charge on any atom is 0.306 e. The van der Waals surface area contributed by atoms with Crippen LogP contribution in [-0.2, 0) is 19.1 Å². The van der Waals surface area contributed by atoms with Crippen molar-refractivity contribution in [2.24, 2.45) is 0 Å². The average Bonchev–Trinajstić information content (AvgIpc) is 3.17. The number of carbonyl (C=O) groups is 2. The van der Waals surface area contributed by atoms with Crippen LogP contribution in [0.5, 0.6) is 0 Å². The van der Waals surface area contributed by atoms with Crippen molar-refractivity contribution in [2.45, 2.75) is 277 Å². The van der Waals surface area contributed by atoms with Crippen molar-refractivity contribution < 1.29 is 24.2 Å². The summed E-state index contributed by atoms with van der Waals surface area (Å²) < 4.78 is 10.7. The summed E-state index contributed by atoms with van der Waals surface area (Å²) >= 11 is 0. The molecule has 0 radical (unpaired) electrons. The summed E-state index contributed by atoms with van der Waals surface area (Å²) in [5, 5.41) is 9.61. The number of ether oxygens (including phenoxy) is 2. The second kappa shape index (κ2) is 46.0. The number of rotatable bonds is 45. The summed E-state index contributed by atoms with van der Waals surface area (Å²) in [5.41, 5.74) is 0. The van der Waals surface area contributed by atoms with Gasteiger partial charge in [0, 0.05) is 12.8 Å². The second-order valence-electron chi connectivity index (χ2n) is 16.5. The smallest absolute Gasteiger partial charge is 0.306 e. The molecule has 0 aliphatic carbocycles. The van der Waals surface area contributed by atoms with Gasteiger partial charge in [-0.2, -0.15) is 0 Å². The fourth-order valence-corrected chi connectivity index (χ4v) is 7.38. The van der Waals surface area contributed by atoms with Gasteiger partial charge in [0.25, 0.3) is 0 Å². The van der Waals surface area contributed by atoms with Gasteiger partial charge in [-0.05, 0) is 38.5 Å². The molecule has 0 saturated carbocycles. The van der Waals surface area contributed by atoms with Gasteiger partial charge in [-0.1, -0.05) is 231 Å². The number of hydrogen-bond acceptors (Lipinski definition) is 5. The van der Waals surface area contributed by atoms with Gasteiger partial charge in [-0.3, -0.25) is 9.59 Å². The molecular weight excluding hydrogens is 669 g/mol. The Balaban J connectivity index is 3.46. The van der Waals surface area contributed by atoms with E-state index in [-0.39, 0.29) is 25.2 Å². The summed E-state index contributed by atoms with van der Waals surface area (Å²) in [6.07, 6.45) is 54.4. The summed E-state index contributed by atoms with van der Waals surface area (Å²) in [5.74, 6) is -0.576. The highest BCUT2D eigenvalue weighted by Gasteiger charge is 2.16. The van der Waals surface area contributed by atoms with Crippen molar-refractivity contribution in [3.63, 3.8) is 0 Å². The Labute approximate surface area is 337 Å². The van der Waals surface area contributed by atoms with Crippen LogP contribution in [0.2, 0.25) is 0 Å². The molecule has 0 rings (SSSR count). The number of hydrogen-bond donors (Lipinski definition) is 1. The SMILES string of the molecule is CCCCCCCC/C=C/CCCCCCCCCCCC(=O)OC[C@H](CO)OC(=O)CCCCCCCCCCCCCCCCCCCCCCC. The Morgan fingerprint density at radius 1 is 0.407 bits per heavy atom. The molecule has 0 aliphatic rings. The summed E-state index contributed by atoms with van der Waals surface area (Å²) in [4.78, 5) is 24.4. The minimum atomic E-state index is -0.766. The molecule has 0 spiro atoms. The molecule has 320 valence electrons. The van der Waals surface area contributed by atoms with Crippen LogP contribution in [0, 0.1) is 0 Å². The molecule has 5 heteroatoms. The van der Waals surface area contributed by atoms with Crippen molar-refractivity contribution in [3.8, 4) is 0 Å². The van der Waals surface area contributed by atoms with Crippen LogP contribution < -0.4 is 0 Å². The zero-order valence-electron chi connectivity index (χ0n) is 36.5. The minimum Gasteiger partial charge on any atom is -0.462 e. The van der Waals surface area contributed by atoms with Crippen LogP contribution in [0.1, 0.15) is 271 Å². The number of aliphatic hydroxyl groups excluding tert-OH is 1. The van der Waals surface area contributed by atoms with E-state index in [2.05, 4.69) is 26.0 Å². The third-order valence-electron chi connectivity index (χ3n) is 11.1. The average molecular weight is 763 g/mol. The molecule has 0 aromatic heterocycles. The van der Waals surface area contributed by atoms with Crippen LogP contribution in [0.15, 0.2) is 12.2 Å². The molecule has 5 nitrogen and oxygen atoms in total. The highest BCUT2D eigenvalue weighted by atomic mass is 16.6. The minimum absolute atomic E-state index is 0.0602. The van der Waals surface area contributed by atoms with E-state index in [1.54, 1.807) is 0 Å². The molecule has 0 heterocycles. The first-order chi connectivity index (χ1) is 26.6. The molecular formula is C49H94O5. The van der Waals surface area contributed by atoms with Crippen molar-refractivity contribution in [1.82, 2.24) is 0 Å². The van der Waals surface area contributed by atoms with Crippen molar-refractivity contribution in [2.75, 3.05) is 13.2 Å². The predicted octanol–water partition coefficient (Wildman–Crippen LogP) is 15.6. The fourth-order valence-electron chi connectivity index (χ4n) is 7.38. The van der Waals surface area contributed by atoms with Gasteiger partial charge in [0.1, 0.15) is 6.61 Å². The zero-order valence-corrected chi connectivity index (χ0v) is 36.5. The van der Waals surface area contributed by atoms with E-state index in [1.807, 2.05) is 0 Å². The van der Waals surface area contributed by atoms with E-state index in [0.29, 0.717) is 12.8 Å². The lowest BCUT2D eigenvalue weighted by molar-refractivity contribution is -0.161. The molecule has 54 heavy (non-hydrogen) atoms. The summed E-state index contributed by atoms with van der Waals surface area (Å²) in [6, 6.07) is 0. The fraction of sp³-hybridized carbons (Fsp3) is 0.918. The lowest BCUT2D eigenvalue weighted by Gasteiger charge is -2.15. The first-order valence-corrected chi connectivity index (χ1v) is 24.2. The molecule has 0 fully saturated rings. The van der Waals surface area contributed by atoms with Crippen molar-refractivity contribution in [3.05, 3.63) is 12.2 Å². The molecule has 0 aromatic rings. The van der Waals surface area contributed by atoms with Gasteiger partial charge in [-0.25, -0.2) is 0 Å². The van der Waals surface area contributed by atoms with Crippen LogP contribution in [0.4, 0.5) is 0 Å². The Bertz CT molecular complexity index is 780. The number of allylic oxidation sites excluding steroid dienone is 2. The molecule has 0 aliphatic heterocycles. The molecule has 0 aromatic carbocycles. The third kappa shape index (κ3) is 43.4. The molecule has 1 N–H and O–H groups in total. The Morgan fingerprint density at radius 3 is 1.00 bits per heavy atom. The monoisotopic (exact) mass is 763 g/mol. The number of esters is 2. The van der Waals surface area contributed by atoms with E-state index >= 15 is 0 Å². The molecule has 0 saturated heterocycles. The van der Waals surface area contributed by atoms with Gasteiger partial charge in [0.15, 0.2) is 6.10 Å². The van der Waals surface area contributed by atoms with Crippen molar-refractivity contribution in [1.29, 1.82) is 0 Å². The van der Waals surface area contributed by atoms with Gasteiger partial charge in [0.05, 0.1) is 6.61 Å². The van der Waals surface area contributed by atoms with E-state index < -0.39 is 6.10 Å². The largest absolute Gasteiger partial charge is 0.462 e. The number of carbonyl (C=O) groups excluding carboxylic acids is 2. The second-order valence-corrected chi connectivity index (χ2v) is 16.5.